The van der Waals surface area contributed by atoms with E-state index in [1.165, 1.54) is 0 Å². The molecule has 0 aliphatic carbocycles. The number of carbonyl (C=O) groups is 1. The summed E-state index contributed by atoms with van der Waals surface area (Å²) in [6, 6.07) is 7.54. The molecule has 1 aliphatic heterocycles. The second-order valence-corrected chi connectivity index (χ2v) is 4.19. The minimum Gasteiger partial charge on any atom is -0.497 e. The predicted molar refractivity (Wildman–Crippen MR) is 62.3 cm³/mol. The Kier molecular flexibility index (Phi) is 3.64. The largest absolute Gasteiger partial charge is 0.497 e. The molecule has 0 bridgehead atoms. The molecule has 4 heteroatoms. The van der Waals surface area contributed by atoms with Gasteiger partial charge in [0.05, 0.1) is 19.6 Å². The number of aliphatic carboxylic acids is 1. The van der Waals surface area contributed by atoms with Gasteiger partial charge in [-0.3, -0.25) is 4.79 Å². The smallest absolute Gasteiger partial charge is 0.307 e. The SMILES string of the molecule is COc1cccc(C2COCCC2C(=O)O)c1. The molecule has 1 N–H and O–H groups in total. The molecule has 0 radical (unpaired) electrons. The molecular weight excluding hydrogens is 220 g/mol. The van der Waals surface area contributed by atoms with Gasteiger partial charge in [0.2, 0.25) is 0 Å². The summed E-state index contributed by atoms with van der Waals surface area (Å²) in [4.78, 5) is 11.2. The first-order valence-electron chi connectivity index (χ1n) is 5.67. The first kappa shape index (κ1) is 11.9. The summed E-state index contributed by atoms with van der Waals surface area (Å²) in [7, 11) is 1.60. The molecule has 2 atom stereocenters. The maximum absolute atomic E-state index is 11.2. The lowest BCUT2D eigenvalue weighted by Gasteiger charge is -2.29. The lowest BCUT2D eigenvalue weighted by atomic mass is 9.83. The molecule has 1 aromatic rings. The molecule has 92 valence electrons. The van der Waals surface area contributed by atoms with Gasteiger partial charge in [0.1, 0.15) is 5.75 Å². The van der Waals surface area contributed by atoms with Crippen LogP contribution in [0.4, 0.5) is 0 Å². The van der Waals surface area contributed by atoms with Gasteiger partial charge in [-0.05, 0) is 24.1 Å². The van der Waals surface area contributed by atoms with Crippen molar-refractivity contribution in [2.75, 3.05) is 20.3 Å². The lowest BCUT2D eigenvalue weighted by Crippen LogP contribution is -2.31. The number of rotatable bonds is 3. The molecule has 1 saturated heterocycles. The summed E-state index contributed by atoms with van der Waals surface area (Å²) in [6.07, 6.45) is 0.567. The number of benzene rings is 1. The fourth-order valence-electron chi connectivity index (χ4n) is 2.23. The van der Waals surface area contributed by atoms with E-state index in [4.69, 9.17) is 9.47 Å². The highest BCUT2D eigenvalue weighted by atomic mass is 16.5. The normalized spacial score (nSPS) is 24.3. The van der Waals surface area contributed by atoms with E-state index < -0.39 is 5.97 Å². The quantitative estimate of drug-likeness (QED) is 0.870. The van der Waals surface area contributed by atoms with Crippen LogP contribution in [0.15, 0.2) is 24.3 Å². The van der Waals surface area contributed by atoms with E-state index in [9.17, 15) is 9.90 Å². The van der Waals surface area contributed by atoms with Gasteiger partial charge in [0, 0.05) is 12.5 Å². The van der Waals surface area contributed by atoms with E-state index in [0.29, 0.717) is 19.6 Å². The summed E-state index contributed by atoms with van der Waals surface area (Å²) in [6.45, 7) is 0.988. The summed E-state index contributed by atoms with van der Waals surface area (Å²) < 4.78 is 10.5. The van der Waals surface area contributed by atoms with Crippen molar-refractivity contribution in [3.05, 3.63) is 29.8 Å². The zero-order chi connectivity index (χ0) is 12.3. The molecule has 17 heavy (non-hydrogen) atoms. The van der Waals surface area contributed by atoms with Crippen LogP contribution in [0.3, 0.4) is 0 Å². The third-order valence-corrected chi connectivity index (χ3v) is 3.20. The number of carboxylic acid groups (broad SMARTS) is 1. The fourth-order valence-corrected chi connectivity index (χ4v) is 2.23. The lowest BCUT2D eigenvalue weighted by molar-refractivity contribution is -0.146. The maximum atomic E-state index is 11.2. The first-order chi connectivity index (χ1) is 8.22. The standard InChI is InChI=1S/C13H16O4/c1-16-10-4-2-3-9(7-10)12-8-17-6-5-11(12)13(14)15/h2-4,7,11-12H,5-6,8H2,1H3,(H,14,15). The van der Waals surface area contributed by atoms with Crippen LogP contribution in [0.2, 0.25) is 0 Å². The van der Waals surface area contributed by atoms with Gasteiger partial charge >= 0.3 is 5.97 Å². The molecule has 4 nitrogen and oxygen atoms in total. The summed E-state index contributed by atoms with van der Waals surface area (Å²) in [5, 5.41) is 9.21. The molecule has 2 rings (SSSR count). The van der Waals surface area contributed by atoms with Crippen molar-refractivity contribution in [1.82, 2.24) is 0 Å². The second-order valence-electron chi connectivity index (χ2n) is 4.19. The van der Waals surface area contributed by atoms with Crippen LogP contribution in [0, 0.1) is 5.92 Å². The topological polar surface area (TPSA) is 55.8 Å². The van der Waals surface area contributed by atoms with Crippen LogP contribution in [-0.2, 0) is 9.53 Å². The molecule has 0 aromatic heterocycles. The van der Waals surface area contributed by atoms with Gasteiger partial charge in [-0.1, -0.05) is 12.1 Å². The Hall–Kier alpha value is -1.55. The van der Waals surface area contributed by atoms with Crippen LogP contribution in [0.1, 0.15) is 17.9 Å². The molecule has 0 spiro atoms. The van der Waals surface area contributed by atoms with Gasteiger partial charge in [0.25, 0.3) is 0 Å². The zero-order valence-electron chi connectivity index (χ0n) is 9.76. The van der Waals surface area contributed by atoms with Crippen molar-refractivity contribution in [2.24, 2.45) is 5.92 Å². The first-order valence-corrected chi connectivity index (χ1v) is 5.67. The number of hydrogen-bond acceptors (Lipinski definition) is 3. The number of methoxy groups -OCH3 is 1. The molecule has 0 amide bonds. The van der Waals surface area contributed by atoms with E-state index in [2.05, 4.69) is 0 Å². The summed E-state index contributed by atoms with van der Waals surface area (Å²) >= 11 is 0. The van der Waals surface area contributed by atoms with Crippen molar-refractivity contribution in [3.8, 4) is 5.75 Å². The fraction of sp³-hybridized carbons (Fsp3) is 0.462. The third-order valence-electron chi connectivity index (χ3n) is 3.20. The van der Waals surface area contributed by atoms with Crippen LogP contribution in [-0.4, -0.2) is 31.4 Å². The van der Waals surface area contributed by atoms with E-state index in [1.807, 2.05) is 24.3 Å². The maximum Gasteiger partial charge on any atom is 0.307 e. The third kappa shape index (κ3) is 2.58. The summed E-state index contributed by atoms with van der Waals surface area (Å²) in [5.74, 6) is -0.453. The van der Waals surface area contributed by atoms with Gasteiger partial charge in [-0.25, -0.2) is 0 Å². The molecule has 1 aliphatic rings. The van der Waals surface area contributed by atoms with Gasteiger partial charge in [0.15, 0.2) is 0 Å². The van der Waals surface area contributed by atoms with E-state index in [0.717, 1.165) is 11.3 Å². The Morgan fingerprint density at radius 3 is 3.06 bits per heavy atom. The van der Waals surface area contributed by atoms with Crippen molar-refractivity contribution < 1.29 is 19.4 Å². The van der Waals surface area contributed by atoms with Crippen molar-refractivity contribution in [3.63, 3.8) is 0 Å². The molecule has 1 aromatic carbocycles. The van der Waals surface area contributed by atoms with Crippen LogP contribution in [0.5, 0.6) is 5.75 Å². The van der Waals surface area contributed by atoms with Crippen LogP contribution in [0.25, 0.3) is 0 Å². The molecule has 0 saturated carbocycles. The Balaban J connectivity index is 2.26. The average molecular weight is 236 g/mol. The van der Waals surface area contributed by atoms with E-state index in [-0.39, 0.29) is 11.8 Å². The molecule has 2 unspecified atom stereocenters. The highest BCUT2D eigenvalue weighted by molar-refractivity contribution is 5.71. The van der Waals surface area contributed by atoms with Crippen LogP contribution < -0.4 is 4.74 Å². The highest BCUT2D eigenvalue weighted by Gasteiger charge is 2.32. The Morgan fingerprint density at radius 1 is 1.53 bits per heavy atom. The molecule has 1 fully saturated rings. The van der Waals surface area contributed by atoms with E-state index in [1.54, 1.807) is 7.11 Å². The van der Waals surface area contributed by atoms with Crippen molar-refractivity contribution in [2.45, 2.75) is 12.3 Å². The zero-order valence-corrected chi connectivity index (χ0v) is 9.76. The molecule has 1 heterocycles. The van der Waals surface area contributed by atoms with Gasteiger partial charge < -0.3 is 14.6 Å². The Morgan fingerprint density at radius 2 is 2.35 bits per heavy atom. The Bertz CT molecular complexity index is 402. The monoisotopic (exact) mass is 236 g/mol. The second kappa shape index (κ2) is 5.19. The van der Waals surface area contributed by atoms with Gasteiger partial charge in [-0.2, -0.15) is 0 Å². The average Bonchev–Trinajstić information content (AvgIpc) is 2.39. The van der Waals surface area contributed by atoms with Crippen molar-refractivity contribution in [1.29, 1.82) is 0 Å². The van der Waals surface area contributed by atoms with Crippen LogP contribution >= 0.6 is 0 Å². The predicted octanol–water partition coefficient (Wildman–Crippen LogP) is 1.90. The molecular formula is C13H16O4. The highest BCUT2D eigenvalue weighted by Crippen LogP contribution is 2.32. The van der Waals surface area contributed by atoms with Crippen molar-refractivity contribution >= 4 is 5.97 Å². The number of ether oxygens (including phenoxy) is 2. The van der Waals surface area contributed by atoms with Gasteiger partial charge in [-0.15, -0.1) is 0 Å². The Labute approximate surface area is 100 Å². The number of hydrogen-bond donors (Lipinski definition) is 1. The minimum atomic E-state index is -0.749. The minimum absolute atomic E-state index is 0.0867. The van der Waals surface area contributed by atoms with E-state index >= 15 is 0 Å². The number of carboxylic acids is 1. The summed E-state index contributed by atoms with van der Waals surface area (Å²) in [5.41, 5.74) is 0.969.